The highest BCUT2D eigenvalue weighted by Crippen LogP contribution is 2.30. The maximum atomic E-state index is 13.3. The van der Waals surface area contributed by atoms with Gasteiger partial charge in [0.1, 0.15) is 11.6 Å². The summed E-state index contributed by atoms with van der Waals surface area (Å²) in [5.74, 6) is 0.212. The van der Waals surface area contributed by atoms with E-state index in [0.717, 1.165) is 25.7 Å². The molecule has 0 saturated heterocycles. The van der Waals surface area contributed by atoms with Crippen LogP contribution in [0.4, 0.5) is 4.39 Å². The number of rotatable bonds is 4. The number of ketones is 1. The number of benzene rings is 1. The second-order valence-corrected chi connectivity index (χ2v) is 4.77. The molecule has 0 radical (unpaired) electrons. The second-order valence-electron chi connectivity index (χ2n) is 4.77. The molecular weight excluding hydrogens is 231 g/mol. The number of carbonyl (C=O) groups excluding carboxylic acids is 1. The van der Waals surface area contributed by atoms with Gasteiger partial charge >= 0.3 is 0 Å². The minimum absolute atomic E-state index is 0.0395. The second kappa shape index (κ2) is 5.98. The molecule has 2 nitrogen and oxygen atoms in total. The SMILES string of the molecule is CCOc1ccc(F)cc1C(=O)C1CCCCC1. The van der Waals surface area contributed by atoms with Crippen LogP contribution in [0.2, 0.25) is 0 Å². The van der Waals surface area contributed by atoms with Gasteiger partial charge in [0.15, 0.2) is 5.78 Å². The minimum atomic E-state index is -0.377. The third-order valence-electron chi connectivity index (χ3n) is 3.48. The van der Waals surface area contributed by atoms with Gasteiger partial charge in [-0.3, -0.25) is 4.79 Å². The van der Waals surface area contributed by atoms with Crippen molar-refractivity contribution in [3.63, 3.8) is 0 Å². The lowest BCUT2D eigenvalue weighted by atomic mass is 9.83. The molecule has 18 heavy (non-hydrogen) atoms. The number of hydrogen-bond acceptors (Lipinski definition) is 2. The van der Waals surface area contributed by atoms with Crippen molar-refractivity contribution in [3.8, 4) is 5.75 Å². The summed E-state index contributed by atoms with van der Waals surface area (Å²) in [7, 11) is 0. The van der Waals surface area contributed by atoms with Crippen molar-refractivity contribution >= 4 is 5.78 Å². The molecule has 1 saturated carbocycles. The Morgan fingerprint density at radius 2 is 2.06 bits per heavy atom. The van der Waals surface area contributed by atoms with Crippen LogP contribution in [0.5, 0.6) is 5.75 Å². The van der Waals surface area contributed by atoms with Crippen molar-refractivity contribution in [2.75, 3.05) is 6.61 Å². The molecule has 2 rings (SSSR count). The van der Waals surface area contributed by atoms with Crippen molar-refractivity contribution in [2.45, 2.75) is 39.0 Å². The number of Topliss-reactive ketones (excluding diaryl/α,β-unsaturated/α-hetero) is 1. The lowest BCUT2D eigenvalue weighted by Crippen LogP contribution is -2.19. The summed E-state index contributed by atoms with van der Waals surface area (Å²) in [6.45, 7) is 2.34. The van der Waals surface area contributed by atoms with E-state index in [9.17, 15) is 9.18 Å². The smallest absolute Gasteiger partial charge is 0.169 e. The molecule has 98 valence electrons. The van der Waals surface area contributed by atoms with E-state index in [-0.39, 0.29) is 17.5 Å². The van der Waals surface area contributed by atoms with E-state index in [1.165, 1.54) is 18.6 Å². The minimum Gasteiger partial charge on any atom is -0.493 e. The van der Waals surface area contributed by atoms with Gasteiger partial charge in [0, 0.05) is 5.92 Å². The molecule has 1 fully saturated rings. The Bertz CT molecular complexity index is 423. The van der Waals surface area contributed by atoms with E-state index in [2.05, 4.69) is 0 Å². The molecule has 0 heterocycles. The van der Waals surface area contributed by atoms with E-state index in [1.807, 2.05) is 6.92 Å². The fourth-order valence-electron chi connectivity index (χ4n) is 2.56. The Morgan fingerprint density at radius 1 is 1.33 bits per heavy atom. The molecule has 0 aliphatic heterocycles. The first kappa shape index (κ1) is 13.1. The third kappa shape index (κ3) is 2.89. The van der Waals surface area contributed by atoms with Crippen LogP contribution in [-0.4, -0.2) is 12.4 Å². The normalized spacial score (nSPS) is 16.6. The summed E-state index contributed by atoms with van der Waals surface area (Å²) >= 11 is 0. The van der Waals surface area contributed by atoms with Gasteiger partial charge in [-0.05, 0) is 38.0 Å². The average Bonchev–Trinajstić information content (AvgIpc) is 2.41. The Kier molecular flexibility index (Phi) is 4.34. The lowest BCUT2D eigenvalue weighted by Gasteiger charge is -2.21. The van der Waals surface area contributed by atoms with Crippen LogP contribution in [-0.2, 0) is 0 Å². The van der Waals surface area contributed by atoms with Gasteiger partial charge in [-0.2, -0.15) is 0 Å². The molecule has 0 aromatic heterocycles. The van der Waals surface area contributed by atoms with E-state index in [0.29, 0.717) is 17.9 Å². The molecule has 3 heteroatoms. The summed E-state index contributed by atoms with van der Waals surface area (Å²) in [5.41, 5.74) is 0.406. The van der Waals surface area contributed by atoms with Crippen molar-refractivity contribution in [1.29, 1.82) is 0 Å². The van der Waals surface area contributed by atoms with Gasteiger partial charge in [0.05, 0.1) is 12.2 Å². The van der Waals surface area contributed by atoms with Crippen molar-refractivity contribution in [2.24, 2.45) is 5.92 Å². The Morgan fingerprint density at radius 3 is 2.72 bits per heavy atom. The summed E-state index contributed by atoms with van der Waals surface area (Å²) in [6, 6.07) is 4.19. The van der Waals surface area contributed by atoms with Crippen molar-refractivity contribution in [3.05, 3.63) is 29.6 Å². The van der Waals surface area contributed by atoms with E-state index >= 15 is 0 Å². The monoisotopic (exact) mass is 250 g/mol. The van der Waals surface area contributed by atoms with Gasteiger partial charge in [0.25, 0.3) is 0 Å². The molecule has 0 atom stereocenters. The van der Waals surface area contributed by atoms with Gasteiger partial charge in [-0.15, -0.1) is 0 Å². The zero-order valence-corrected chi connectivity index (χ0v) is 10.7. The van der Waals surface area contributed by atoms with Gasteiger partial charge in [-0.1, -0.05) is 19.3 Å². The van der Waals surface area contributed by atoms with Crippen molar-refractivity contribution in [1.82, 2.24) is 0 Å². The topological polar surface area (TPSA) is 26.3 Å². The number of carbonyl (C=O) groups is 1. The Labute approximate surface area is 107 Å². The predicted molar refractivity (Wildman–Crippen MR) is 68.5 cm³/mol. The third-order valence-corrected chi connectivity index (χ3v) is 3.48. The molecule has 0 bridgehead atoms. The number of halogens is 1. The first-order valence-electron chi connectivity index (χ1n) is 6.69. The maximum Gasteiger partial charge on any atom is 0.169 e. The summed E-state index contributed by atoms with van der Waals surface area (Å²) in [4.78, 5) is 12.4. The fraction of sp³-hybridized carbons (Fsp3) is 0.533. The van der Waals surface area contributed by atoms with Gasteiger partial charge < -0.3 is 4.74 Å². The summed E-state index contributed by atoms with van der Waals surface area (Å²) in [5, 5.41) is 0. The van der Waals surface area contributed by atoms with Crippen LogP contribution < -0.4 is 4.74 Å². The molecule has 1 aromatic carbocycles. The van der Waals surface area contributed by atoms with Crippen LogP contribution >= 0.6 is 0 Å². The number of ether oxygens (including phenoxy) is 1. The molecule has 1 aliphatic carbocycles. The fourth-order valence-corrected chi connectivity index (χ4v) is 2.56. The summed E-state index contributed by atoms with van der Waals surface area (Å²) in [6.07, 6.45) is 5.22. The first-order chi connectivity index (χ1) is 8.72. The average molecular weight is 250 g/mol. The Balaban J connectivity index is 2.24. The van der Waals surface area contributed by atoms with E-state index < -0.39 is 0 Å². The van der Waals surface area contributed by atoms with Gasteiger partial charge in [0.2, 0.25) is 0 Å². The molecule has 0 spiro atoms. The maximum absolute atomic E-state index is 13.3. The highest BCUT2D eigenvalue weighted by atomic mass is 19.1. The highest BCUT2D eigenvalue weighted by molar-refractivity contribution is 6.00. The van der Waals surface area contributed by atoms with Gasteiger partial charge in [-0.25, -0.2) is 4.39 Å². The van der Waals surface area contributed by atoms with Crippen LogP contribution in [0.3, 0.4) is 0 Å². The summed E-state index contributed by atoms with van der Waals surface area (Å²) < 4.78 is 18.7. The molecule has 0 unspecified atom stereocenters. The van der Waals surface area contributed by atoms with Crippen LogP contribution in [0, 0.1) is 11.7 Å². The first-order valence-corrected chi connectivity index (χ1v) is 6.69. The predicted octanol–water partition coefficient (Wildman–Crippen LogP) is 3.99. The lowest BCUT2D eigenvalue weighted by molar-refractivity contribution is 0.0885. The largest absolute Gasteiger partial charge is 0.493 e. The van der Waals surface area contributed by atoms with Crippen LogP contribution in [0.25, 0.3) is 0 Å². The molecule has 1 aromatic rings. The zero-order chi connectivity index (χ0) is 13.0. The van der Waals surface area contributed by atoms with Crippen LogP contribution in [0.1, 0.15) is 49.4 Å². The van der Waals surface area contributed by atoms with E-state index in [1.54, 1.807) is 6.07 Å². The van der Waals surface area contributed by atoms with Crippen molar-refractivity contribution < 1.29 is 13.9 Å². The highest BCUT2D eigenvalue weighted by Gasteiger charge is 2.25. The number of hydrogen-bond donors (Lipinski definition) is 0. The van der Waals surface area contributed by atoms with Crippen LogP contribution in [0.15, 0.2) is 18.2 Å². The molecular formula is C15H19FO2. The zero-order valence-electron chi connectivity index (χ0n) is 10.7. The standard InChI is InChI=1S/C15H19FO2/c1-2-18-14-9-8-12(16)10-13(14)15(17)11-6-4-3-5-7-11/h8-11H,2-7H2,1H3. The molecule has 0 N–H and O–H groups in total. The quantitative estimate of drug-likeness (QED) is 0.755. The molecule has 1 aliphatic rings. The molecule has 0 amide bonds. The van der Waals surface area contributed by atoms with E-state index in [4.69, 9.17) is 4.74 Å². The Hall–Kier alpha value is -1.38.